The molecule has 0 fully saturated rings. The van der Waals surface area contributed by atoms with Gasteiger partial charge in [-0.1, -0.05) is 115 Å². The van der Waals surface area contributed by atoms with Gasteiger partial charge >= 0.3 is 0 Å². The van der Waals surface area contributed by atoms with Crippen LogP contribution in [-0.4, -0.2) is 21.8 Å². The molecule has 5 nitrogen and oxygen atoms in total. The van der Waals surface area contributed by atoms with E-state index in [-0.39, 0.29) is 12.0 Å². The SMILES string of the molecule is C/C=C\C1=C(N)N(c2ccc(-c3ccc(-n4c5ccccc5c5c6c(ccc54)C4(c5ccccc5-c5ccccc54)c4cccnc4-6)cc3)cc2)C2C=CN=CC12. The Balaban J connectivity index is 0.980. The first kappa shape index (κ1) is 32.0. The molecule has 270 valence electrons. The predicted molar refractivity (Wildman–Crippen MR) is 234 cm³/mol. The lowest BCUT2D eigenvalue weighted by Crippen LogP contribution is -2.36. The van der Waals surface area contributed by atoms with Gasteiger partial charge in [0.05, 0.1) is 28.2 Å². The molecular formula is C52H37N5. The van der Waals surface area contributed by atoms with E-state index in [0.29, 0.717) is 0 Å². The van der Waals surface area contributed by atoms with Gasteiger partial charge in [0.2, 0.25) is 0 Å². The van der Waals surface area contributed by atoms with Crippen LogP contribution in [0.5, 0.6) is 0 Å². The van der Waals surface area contributed by atoms with E-state index in [2.05, 4.69) is 172 Å². The number of allylic oxidation sites excluding steroid dienone is 2. The van der Waals surface area contributed by atoms with Gasteiger partial charge in [-0.2, -0.15) is 0 Å². The lowest BCUT2D eigenvalue weighted by molar-refractivity contribution is 0.719. The molecule has 0 bridgehead atoms. The van der Waals surface area contributed by atoms with Crippen molar-refractivity contribution in [3.05, 3.63) is 210 Å². The average Bonchev–Trinajstić information content (AvgIpc) is 3.96. The second-order valence-corrected chi connectivity index (χ2v) is 15.4. The van der Waals surface area contributed by atoms with Gasteiger partial charge in [-0.3, -0.25) is 9.98 Å². The highest BCUT2D eigenvalue weighted by molar-refractivity contribution is 6.18. The zero-order valence-electron chi connectivity index (χ0n) is 31.3. The molecule has 4 aliphatic rings. The Hall–Kier alpha value is -7.24. The van der Waals surface area contributed by atoms with Gasteiger partial charge in [-0.25, -0.2) is 0 Å². The average molecular weight is 732 g/mol. The molecule has 2 aliphatic heterocycles. The molecule has 1 spiro atoms. The Morgan fingerprint density at radius 2 is 1.32 bits per heavy atom. The van der Waals surface area contributed by atoms with E-state index in [9.17, 15) is 0 Å². The van der Waals surface area contributed by atoms with Crippen LogP contribution in [0.3, 0.4) is 0 Å². The number of aromatic nitrogens is 2. The van der Waals surface area contributed by atoms with Crippen molar-refractivity contribution in [1.82, 2.24) is 9.55 Å². The summed E-state index contributed by atoms with van der Waals surface area (Å²) in [6, 6.07) is 53.7. The number of para-hydroxylation sites is 1. The zero-order valence-corrected chi connectivity index (χ0v) is 31.3. The molecule has 5 heteroatoms. The number of nitrogens with zero attached hydrogens (tertiary/aromatic N) is 4. The summed E-state index contributed by atoms with van der Waals surface area (Å²) in [6.45, 7) is 2.03. The first-order valence-electron chi connectivity index (χ1n) is 19.7. The van der Waals surface area contributed by atoms with Gasteiger partial charge in [0.25, 0.3) is 0 Å². The second-order valence-electron chi connectivity index (χ2n) is 15.4. The number of aliphatic imine (C=N–C) groups is 1. The Bertz CT molecular complexity index is 3060. The van der Waals surface area contributed by atoms with E-state index in [4.69, 9.17) is 10.7 Å². The quantitative estimate of drug-likeness (QED) is 0.196. The van der Waals surface area contributed by atoms with Crippen molar-refractivity contribution >= 4 is 33.7 Å². The third-order valence-corrected chi connectivity index (χ3v) is 12.8. The van der Waals surface area contributed by atoms with Crippen LogP contribution in [0.25, 0.3) is 61.0 Å². The van der Waals surface area contributed by atoms with Crippen molar-refractivity contribution in [3.8, 4) is 39.2 Å². The van der Waals surface area contributed by atoms with E-state index < -0.39 is 5.41 Å². The summed E-state index contributed by atoms with van der Waals surface area (Å²) in [5.41, 5.74) is 24.4. The summed E-state index contributed by atoms with van der Waals surface area (Å²) in [5.74, 6) is 0.922. The van der Waals surface area contributed by atoms with Crippen LogP contribution >= 0.6 is 0 Å². The van der Waals surface area contributed by atoms with Crippen molar-refractivity contribution in [2.24, 2.45) is 16.6 Å². The fourth-order valence-electron chi connectivity index (χ4n) is 10.5. The summed E-state index contributed by atoms with van der Waals surface area (Å²) < 4.78 is 2.42. The predicted octanol–water partition coefficient (Wildman–Crippen LogP) is 11.3. The number of pyridine rings is 1. The Labute approximate surface area is 331 Å². The maximum atomic E-state index is 6.77. The minimum atomic E-state index is -0.435. The van der Waals surface area contributed by atoms with Crippen LogP contribution in [0.4, 0.5) is 5.69 Å². The standard InChI is InChI=1S/C52H37N5/c1-2-10-38-40-31-54-30-28-46(40)57(51(38)53)35-24-20-33(21-25-35)32-18-22-34(23-19-32)56-45-17-8-5-13-39(45)48-47(56)27-26-43-49(48)50-44(16-9-29-55-50)52(43)41-14-6-3-11-36(41)37-12-4-7-15-42(37)52/h2-31,40,46H,53H2,1H3/b10-2-. The lowest BCUT2D eigenvalue weighted by atomic mass is 9.71. The van der Waals surface area contributed by atoms with Crippen molar-refractivity contribution in [2.75, 3.05) is 4.90 Å². The highest BCUT2D eigenvalue weighted by atomic mass is 15.3. The largest absolute Gasteiger partial charge is 0.385 e. The fourth-order valence-corrected chi connectivity index (χ4v) is 10.5. The van der Waals surface area contributed by atoms with Gasteiger partial charge < -0.3 is 15.2 Å². The molecule has 12 rings (SSSR count). The maximum absolute atomic E-state index is 6.77. The van der Waals surface area contributed by atoms with Crippen LogP contribution in [0, 0.1) is 5.92 Å². The minimum Gasteiger partial charge on any atom is -0.385 e. The third kappa shape index (κ3) is 4.18. The van der Waals surface area contributed by atoms with E-state index in [1.54, 1.807) is 0 Å². The third-order valence-electron chi connectivity index (χ3n) is 12.8. The number of hydrogen-bond donors (Lipinski definition) is 1. The molecule has 6 aromatic carbocycles. The molecule has 57 heavy (non-hydrogen) atoms. The minimum absolute atomic E-state index is 0.117. The van der Waals surface area contributed by atoms with Crippen molar-refractivity contribution < 1.29 is 0 Å². The number of anilines is 1. The van der Waals surface area contributed by atoms with E-state index in [1.165, 1.54) is 60.8 Å². The second kappa shape index (κ2) is 11.9. The molecule has 0 saturated carbocycles. The molecule has 8 aromatic rings. The maximum Gasteiger partial charge on any atom is 0.108 e. The van der Waals surface area contributed by atoms with Crippen molar-refractivity contribution in [2.45, 2.75) is 18.4 Å². The fraction of sp³-hybridized carbons (Fsp3) is 0.0769. The van der Waals surface area contributed by atoms with E-state index in [0.717, 1.165) is 39.6 Å². The number of rotatable bonds is 4. The van der Waals surface area contributed by atoms with Gasteiger partial charge in [-0.05, 0) is 100.0 Å². The monoisotopic (exact) mass is 731 g/mol. The molecule has 2 aliphatic carbocycles. The lowest BCUT2D eigenvalue weighted by Gasteiger charge is -2.30. The first-order valence-corrected chi connectivity index (χ1v) is 19.7. The van der Waals surface area contributed by atoms with Crippen LogP contribution in [-0.2, 0) is 5.41 Å². The van der Waals surface area contributed by atoms with E-state index >= 15 is 0 Å². The number of nitrogens with two attached hydrogens (primary N) is 1. The molecule has 2 aromatic heterocycles. The molecular weight excluding hydrogens is 695 g/mol. The topological polar surface area (TPSA) is 59.4 Å². The van der Waals surface area contributed by atoms with Crippen LogP contribution in [0.15, 0.2) is 193 Å². The molecule has 2 atom stereocenters. The first-order chi connectivity index (χ1) is 28.2. The van der Waals surface area contributed by atoms with Crippen molar-refractivity contribution in [3.63, 3.8) is 0 Å². The van der Waals surface area contributed by atoms with Crippen LogP contribution < -0.4 is 10.6 Å². The summed E-state index contributed by atoms with van der Waals surface area (Å²) in [5, 5.41) is 2.47. The van der Waals surface area contributed by atoms with Crippen molar-refractivity contribution in [1.29, 1.82) is 0 Å². The van der Waals surface area contributed by atoms with E-state index in [1.807, 2.05) is 31.6 Å². The molecule has 0 saturated heterocycles. The van der Waals surface area contributed by atoms with Gasteiger partial charge in [0.1, 0.15) is 5.82 Å². The molecule has 0 radical (unpaired) electrons. The molecule has 2 N–H and O–H groups in total. The Kier molecular flexibility index (Phi) is 6.68. The smallest absolute Gasteiger partial charge is 0.108 e. The Morgan fingerprint density at radius 1 is 0.649 bits per heavy atom. The number of hydrogen-bond acceptors (Lipinski definition) is 4. The number of fused-ring (bicyclic) bond motifs is 15. The summed E-state index contributed by atoms with van der Waals surface area (Å²) in [4.78, 5) is 11.8. The van der Waals surface area contributed by atoms with Gasteiger partial charge in [-0.15, -0.1) is 0 Å². The Morgan fingerprint density at radius 3 is 2.05 bits per heavy atom. The highest BCUT2D eigenvalue weighted by Crippen LogP contribution is 2.63. The summed E-state index contributed by atoms with van der Waals surface area (Å²) in [7, 11) is 0. The summed E-state index contributed by atoms with van der Waals surface area (Å²) in [6.07, 6.45) is 12.1. The number of benzene rings is 6. The summed E-state index contributed by atoms with van der Waals surface area (Å²) >= 11 is 0. The molecule has 4 heterocycles. The molecule has 2 unspecified atom stereocenters. The van der Waals surface area contributed by atoms with Crippen LogP contribution in [0.2, 0.25) is 0 Å². The van der Waals surface area contributed by atoms with Gasteiger partial charge in [0.15, 0.2) is 0 Å². The molecule has 0 amide bonds. The van der Waals surface area contributed by atoms with Crippen LogP contribution in [0.1, 0.15) is 29.2 Å². The highest BCUT2D eigenvalue weighted by Gasteiger charge is 2.52. The normalized spacial score (nSPS) is 18.2. The zero-order chi connectivity index (χ0) is 37.8. The van der Waals surface area contributed by atoms with Gasteiger partial charge in [0, 0.05) is 57.8 Å².